The highest BCUT2D eigenvalue weighted by Crippen LogP contribution is 2.02. The van der Waals surface area contributed by atoms with Gasteiger partial charge in [0.1, 0.15) is 0 Å². The second kappa shape index (κ2) is 6.01. The van der Waals surface area contributed by atoms with Gasteiger partial charge in [0.25, 0.3) is 0 Å². The van der Waals surface area contributed by atoms with Crippen LogP contribution in [0.25, 0.3) is 0 Å². The van der Waals surface area contributed by atoms with Gasteiger partial charge in [-0.25, -0.2) is 5.48 Å². The van der Waals surface area contributed by atoms with Gasteiger partial charge in [-0.05, 0) is 12.3 Å². The Morgan fingerprint density at radius 1 is 1.56 bits per heavy atom. The van der Waals surface area contributed by atoms with Gasteiger partial charge < -0.3 is 10.3 Å². The number of hydrogen-bond acceptors (Lipinski definition) is 3. The minimum Gasteiger partial charge on any atom is -0.396 e. The first-order valence-corrected chi connectivity index (χ1v) is 3.33. The van der Waals surface area contributed by atoms with Gasteiger partial charge in [0.05, 0.1) is 0 Å². The molecule has 0 aliphatic rings. The van der Waals surface area contributed by atoms with Gasteiger partial charge in [-0.15, -0.1) is 0 Å². The molecule has 0 aliphatic carbocycles. The third kappa shape index (κ3) is 4.39. The maximum absolute atomic E-state index is 8.64. The standard InChI is InChI=1S/C6H15NO2/c1-2-3-6(5-8)4-7-9/h6-9H,2-5H2,1H3. The van der Waals surface area contributed by atoms with E-state index in [-0.39, 0.29) is 12.5 Å². The summed E-state index contributed by atoms with van der Waals surface area (Å²) in [5.74, 6) is 0.208. The second-order valence-corrected chi connectivity index (χ2v) is 2.20. The van der Waals surface area contributed by atoms with Crippen molar-refractivity contribution >= 4 is 0 Å². The average Bonchev–Trinajstić information content (AvgIpc) is 1.88. The van der Waals surface area contributed by atoms with E-state index in [9.17, 15) is 0 Å². The van der Waals surface area contributed by atoms with E-state index in [1.165, 1.54) is 0 Å². The van der Waals surface area contributed by atoms with E-state index < -0.39 is 0 Å². The summed E-state index contributed by atoms with van der Waals surface area (Å²) in [5, 5.41) is 16.9. The molecular weight excluding hydrogens is 118 g/mol. The van der Waals surface area contributed by atoms with Crippen molar-refractivity contribution in [3.05, 3.63) is 0 Å². The van der Waals surface area contributed by atoms with Gasteiger partial charge in [-0.1, -0.05) is 13.3 Å². The van der Waals surface area contributed by atoms with Gasteiger partial charge >= 0.3 is 0 Å². The van der Waals surface area contributed by atoms with Crippen molar-refractivity contribution in [2.24, 2.45) is 5.92 Å². The summed E-state index contributed by atoms with van der Waals surface area (Å²) in [6.07, 6.45) is 2.01. The molecule has 3 heteroatoms. The number of aliphatic hydroxyl groups excluding tert-OH is 1. The van der Waals surface area contributed by atoms with Crippen molar-refractivity contribution < 1.29 is 10.3 Å². The van der Waals surface area contributed by atoms with Crippen LogP contribution in [0.15, 0.2) is 0 Å². The molecule has 0 radical (unpaired) electrons. The van der Waals surface area contributed by atoms with Crippen molar-refractivity contribution in [3.8, 4) is 0 Å². The Balaban J connectivity index is 3.18. The van der Waals surface area contributed by atoms with Gasteiger partial charge in [-0.2, -0.15) is 0 Å². The first kappa shape index (κ1) is 8.88. The lowest BCUT2D eigenvalue weighted by molar-refractivity contribution is 0.121. The fourth-order valence-electron chi connectivity index (χ4n) is 0.795. The van der Waals surface area contributed by atoms with E-state index in [1.807, 2.05) is 5.48 Å². The van der Waals surface area contributed by atoms with Gasteiger partial charge in [-0.3, -0.25) is 0 Å². The quantitative estimate of drug-likeness (QED) is 0.475. The number of hydroxylamine groups is 1. The Morgan fingerprint density at radius 2 is 2.22 bits per heavy atom. The van der Waals surface area contributed by atoms with E-state index in [1.54, 1.807) is 0 Å². The summed E-state index contributed by atoms with van der Waals surface area (Å²) in [6.45, 7) is 2.70. The van der Waals surface area contributed by atoms with Crippen LogP contribution in [-0.2, 0) is 0 Å². The number of rotatable bonds is 5. The summed E-state index contributed by atoms with van der Waals surface area (Å²) in [4.78, 5) is 0. The maximum atomic E-state index is 8.64. The third-order valence-corrected chi connectivity index (χ3v) is 1.34. The summed E-state index contributed by atoms with van der Waals surface area (Å²) < 4.78 is 0. The van der Waals surface area contributed by atoms with Crippen molar-refractivity contribution in [1.82, 2.24) is 5.48 Å². The summed E-state index contributed by atoms with van der Waals surface area (Å²) >= 11 is 0. The minimum absolute atomic E-state index is 0.154. The highest BCUT2D eigenvalue weighted by atomic mass is 16.5. The average molecular weight is 133 g/mol. The minimum atomic E-state index is 0.154. The second-order valence-electron chi connectivity index (χ2n) is 2.20. The summed E-state index contributed by atoms with van der Waals surface area (Å²) in [7, 11) is 0. The molecule has 0 amide bonds. The highest BCUT2D eigenvalue weighted by molar-refractivity contribution is 4.56. The molecule has 0 rings (SSSR count). The lowest BCUT2D eigenvalue weighted by Gasteiger charge is -2.09. The zero-order chi connectivity index (χ0) is 7.11. The van der Waals surface area contributed by atoms with Crippen LogP contribution in [0.1, 0.15) is 19.8 Å². The first-order valence-electron chi connectivity index (χ1n) is 3.33. The normalized spacial score (nSPS) is 13.7. The molecule has 0 aromatic rings. The van der Waals surface area contributed by atoms with Crippen LogP contribution < -0.4 is 5.48 Å². The summed E-state index contributed by atoms with van der Waals surface area (Å²) in [6, 6.07) is 0. The fraction of sp³-hybridized carbons (Fsp3) is 1.00. The Labute approximate surface area is 55.7 Å². The van der Waals surface area contributed by atoms with E-state index >= 15 is 0 Å². The SMILES string of the molecule is CCCC(CO)CNO. The van der Waals surface area contributed by atoms with E-state index in [4.69, 9.17) is 10.3 Å². The molecule has 0 bridgehead atoms. The lowest BCUT2D eigenvalue weighted by atomic mass is 10.1. The largest absolute Gasteiger partial charge is 0.396 e. The van der Waals surface area contributed by atoms with Crippen molar-refractivity contribution in [1.29, 1.82) is 0 Å². The Morgan fingerprint density at radius 3 is 2.56 bits per heavy atom. The Kier molecular flexibility index (Phi) is 5.93. The van der Waals surface area contributed by atoms with Crippen molar-refractivity contribution in [2.45, 2.75) is 19.8 Å². The first-order chi connectivity index (χ1) is 4.35. The van der Waals surface area contributed by atoms with Crippen LogP contribution in [0.2, 0.25) is 0 Å². The molecule has 3 N–H and O–H groups in total. The molecule has 56 valence electrons. The van der Waals surface area contributed by atoms with Crippen LogP contribution in [0.3, 0.4) is 0 Å². The zero-order valence-electron chi connectivity index (χ0n) is 5.80. The van der Waals surface area contributed by atoms with Crippen LogP contribution in [0.4, 0.5) is 0 Å². The Hall–Kier alpha value is -0.120. The van der Waals surface area contributed by atoms with Crippen LogP contribution >= 0.6 is 0 Å². The number of nitrogens with one attached hydrogen (secondary N) is 1. The topological polar surface area (TPSA) is 52.5 Å². The highest BCUT2D eigenvalue weighted by Gasteiger charge is 2.03. The molecule has 0 fully saturated rings. The maximum Gasteiger partial charge on any atom is 0.0472 e. The van der Waals surface area contributed by atoms with Crippen molar-refractivity contribution in [2.75, 3.05) is 13.2 Å². The van der Waals surface area contributed by atoms with Crippen molar-refractivity contribution in [3.63, 3.8) is 0 Å². The smallest absolute Gasteiger partial charge is 0.0472 e. The Bertz CT molecular complexity index is 53.0. The predicted molar refractivity (Wildman–Crippen MR) is 35.3 cm³/mol. The monoisotopic (exact) mass is 133 g/mol. The molecule has 1 unspecified atom stereocenters. The van der Waals surface area contributed by atoms with Crippen LogP contribution in [0, 0.1) is 5.92 Å². The molecule has 0 heterocycles. The summed E-state index contributed by atoms with van der Waals surface area (Å²) in [5.41, 5.74) is 2.04. The van der Waals surface area contributed by atoms with Gasteiger partial charge in [0.2, 0.25) is 0 Å². The molecule has 3 nitrogen and oxygen atoms in total. The molecule has 0 aromatic heterocycles. The lowest BCUT2D eigenvalue weighted by Crippen LogP contribution is -2.21. The van der Waals surface area contributed by atoms with E-state index in [2.05, 4.69) is 6.92 Å². The number of aliphatic hydroxyl groups is 1. The van der Waals surface area contributed by atoms with Crippen LogP contribution in [-0.4, -0.2) is 23.5 Å². The van der Waals surface area contributed by atoms with Gasteiger partial charge in [0, 0.05) is 13.2 Å². The van der Waals surface area contributed by atoms with Gasteiger partial charge in [0.15, 0.2) is 0 Å². The molecule has 0 saturated carbocycles. The molecule has 0 saturated heterocycles. The zero-order valence-corrected chi connectivity index (χ0v) is 5.80. The fourth-order valence-corrected chi connectivity index (χ4v) is 0.795. The molecule has 1 atom stereocenters. The molecule has 0 aromatic carbocycles. The molecule has 0 aliphatic heterocycles. The predicted octanol–water partition coefficient (Wildman–Crippen LogP) is 0.374. The molecule has 0 spiro atoms. The molecule has 9 heavy (non-hydrogen) atoms. The number of hydrogen-bond donors (Lipinski definition) is 3. The van der Waals surface area contributed by atoms with Crippen LogP contribution in [0.5, 0.6) is 0 Å². The molecular formula is C6H15NO2. The van der Waals surface area contributed by atoms with E-state index in [0.29, 0.717) is 6.54 Å². The van der Waals surface area contributed by atoms with E-state index in [0.717, 1.165) is 12.8 Å². The third-order valence-electron chi connectivity index (χ3n) is 1.34.